The van der Waals surface area contributed by atoms with Crippen molar-refractivity contribution in [2.75, 3.05) is 26.1 Å². The second-order valence-electron chi connectivity index (χ2n) is 7.11. The molecule has 0 spiro atoms. The van der Waals surface area contributed by atoms with Crippen LogP contribution < -0.4 is 14.8 Å². The molecule has 6 nitrogen and oxygen atoms in total. The Kier molecular flexibility index (Phi) is 6.42. The fourth-order valence-electron chi connectivity index (χ4n) is 3.91. The number of carbonyl (C=O) groups excluding carboxylic acids is 2. The lowest BCUT2D eigenvalue weighted by Crippen LogP contribution is -2.38. The number of rotatable bonds is 7. The molecule has 2 aromatic rings. The van der Waals surface area contributed by atoms with Crippen LogP contribution >= 0.6 is 0 Å². The third-order valence-corrected chi connectivity index (χ3v) is 5.48. The van der Waals surface area contributed by atoms with Gasteiger partial charge in [0.2, 0.25) is 5.91 Å². The van der Waals surface area contributed by atoms with Crippen molar-refractivity contribution in [3.8, 4) is 11.5 Å². The molecule has 6 heteroatoms. The summed E-state index contributed by atoms with van der Waals surface area (Å²) in [7, 11) is 3.18. The summed E-state index contributed by atoms with van der Waals surface area (Å²) < 4.78 is 15.8. The molecule has 1 aliphatic carbocycles. The molecule has 0 atom stereocenters. The van der Waals surface area contributed by atoms with Gasteiger partial charge in [0.05, 0.1) is 31.8 Å². The van der Waals surface area contributed by atoms with Gasteiger partial charge in [0.25, 0.3) is 0 Å². The van der Waals surface area contributed by atoms with Crippen LogP contribution in [0.3, 0.4) is 0 Å². The van der Waals surface area contributed by atoms with E-state index in [4.69, 9.17) is 14.2 Å². The number of amides is 1. The van der Waals surface area contributed by atoms with Crippen molar-refractivity contribution in [2.45, 2.75) is 38.0 Å². The van der Waals surface area contributed by atoms with E-state index in [-0.39, 0.29) is 11.9 Å². The Bertz CT molecular complexity index is 869. The van der Waals surface area contributed by atoms with Gasteiger partial charge in [0, 0.05) is 5.69 Å². The Hall–Kier alpha value is -3.02. The molecule has 1 aliphatic rings. The lowest BCUT2D eigenvalue weighted by atomic mass is 9.77. The SMILES string of the molecule is CCOC(=O)c1ccc(NC(=O)C2(c3ccc(OC)c(OC)c3)CCCC2)cc1. The van der Waals surface area contributed by atoms with Gasteiger partial charge in [-0.2, -0.15) is 0 Å². The minimum Gasteiger partial charge on any atom is -0.493 e. The first-order chi connectivity index (χ1) is 14.0. The third-order valence-electron chi connectivity index (χ3n) is 5.48. The molecular formula is C23H27NO5. The number of methoxy groups -OCH3 is 2. The third kappa shape index (κ3) is 4.21. The Balaban J connectivity index is 1.84. The van der Waals surface area contributed by atoms with Gasteiger partial charge >= 0.3 is 5.97 Å². The maximum atomic E-state index is 13.3. The van der Waals surface area contributed by atoms with E-state index in [1.54, 1.807) is 45.4 Å². The Morgan fingerprint density at radius 2 is 1.62 bits per heavy atom. The zero-order valence-electron chi connectivity index (χ0n) is 17.1. The van der Waals surface area contributed by atoms with Crippen LogP contribution in [0.15, 0.2) is 42.5 Å². The van der Waals surface area contributed by atoms with Gasteiger partial charge < -0.3 is 19.5 Å². The standard InChI is InChI=1S/C23H27NO5/c1-4-29-21(25)16-7-10-18(11-8-16)24-22(26)23(13-5-6-14-23)17-9-12-19(27-2)20(15-17)28-3/h7-12,15H,4-6,13-14H2,1-3H3,(H,24,26). The Labute approximate surface area is 171 Å². The topological polar surface area (TPSA) is 73.9 Å². The number of hydrogen-bond donors (Lipinski definition) is 1. The van der Waals surface area contributed by atoms with E-state index in [1.165, 1.54) is 0 Å². The minimum absolute atomic E-state index is 0.0499. The van der Waals surface area contributed by atoms with Crippen molar-refractivity contribution in [3.05, 3.63) is 53.6 Å². The van der Waals surface area contributed by atoms with Gasteiger partial charge in [-0.1, -0.05) is 18.9 Å². The van der Waals surface area contributed by atoms with Crippen LogP contribution in [0, 0.1) is 0 Å². The normalized spacial score (nSPS) is 14.9. The number of esters is 1. The second kappa shape index (κ2) is 8.99. The van der Waals surface area contributed by atoms with Gasteiger partial charge in [-0.25, -0.2) is 4.79 Å². The lowest BCUT2D eigenvalue weighted by Gasteiger charge is -2.29. The highest BCUT2D eigenvalue weighted by Crippen LogP contribution is 2.44. The van der Waals surface area contributed by atoms with E-state index in [0.29, 0.717) is 29.4 Å². The molecule has 0 heterocycles. The summed E-state index contributed by atoms with van der Waals surface area (Å²) in [6.07, 6.45) is 3.53. The van der Waals surface area contributed by atoms with Crippen LogP contribution in [0.5, 0.6) is 11.5 Å². The molecule has 2 aromatic carbocycles. The van der Waals surface area contributed by atoms with Gasteiger partial charge in [0.15, 0.2) is 11.5 Å². The van der Waals surface area contributed by atoms with E-state index >= 15 is 0 Å². The van der Waals surface area contributed by atoms with Crippen molar-refractivity contribution < 1.29 is 23.8 Å². The van der Waals surface area contributed by atoms with Crippen LogP contribution in [0.2, 0.25) is 0 Å². The number of hydrogen-bond acceptors (Lipinski definition) is 5. The molecule has 0 saturated heterocycles. The molecule has 1 saturated carbocycles. The quantitative estimate of drug-likeness (QED) is 0.704. The Morgan fingerprint density at radius 1 is 0.966 bits per heavy atom. The van der Waals surface area contributed by atoms with Crippen molar-refractivity contribution in [3.63, 3.8) is 0 Å². The van der Waals surface area contributed by atoms with Crippen LogP contribution in [0.4, 0.5) is 5.69 Å². The lowest BCUT2D eigenvalue weighted by molar-refractivity contribution is -0.121. The van der Waals surface area contributed by atoms with E-state index in [2.05, 4.69) is 5.32 Å². The summed E-state index contributed by atoms with van der Waals surface area (Å²) in [5.41, 5.74) is 1.42. The van der Waals surface area contributed by atoms with E-state index in [0.717, 1.165) is 31.2 Å². The average molecular weight is 397 g/mol. The maximum absolute atomic E-state index is 13.3. The fraction of sp³-hybridized carbons (Fsp3) is 0.391. The molecule has 0 aromatic heterocycles. The molecule has 3 rings (SSSR count). The predicted octanol–water partition coefficient (Wildman–Crippen LogP) is 4.33. The maximum Gasteiger partial charge on any atom is 0.338 e. The molecule has 0 aliphatic heterocycles. The summed E-state index contributed by atoms with van der Waals surface area (Å²) in [6.45, 7) is 2.09. The number of nitrogens with one attached hydrogen (secondary N) is 1. The highest BCUT2D eigenvalue weighted by atomic mass is 16.5. The predicted molar refractivity (Wildman–Crippen MR) is 111 cm³/mol. The average Bonchev–Trinajstić information content (AvgIpc) is 3.25. The van der Waals surface area contributed by atoms with E-state index < -0.39 is 5.41 Å². The van der Waals surface area contributed by atoms with Crippen molar-refractivity contribution >= 4 is 17.6 Å². The monoisotopic (exact) mass is 397 g/mol. The molecule has 1 N–H and O–H groups in total. The second-order valence-corrected chi connectivity index (χ2v) is 7.11. The molecule has 29 heavy (non-hydrogen) atoms. The largest absolute Gasteiger partial charge is 0.493 e. The highest BCUT2D eigenvalue weighted by Gasteiger charge is 2.43. The number of anilines is 1. The van der Waals surface area contributed by atoms with Crippen LogP contribution in [0.1, 0.15) is 48.5 Å². The Morgan fingerprint density at radius 3 is 2.21 bits per heavy atom. The first-order valence-electron chi connectivity index (χ1n) is 9.85. The van der Waals surface area contributed by atoms with Crippen LogP contribution in [0.25, 0.3) is 0 Å². The number of carbonyl (C=O) groups is 2. The summed E-state index contributed by atoms with van der Waals surface area (Å²) in [5, 5.41) is 3.02. The zero-order chi connectivity index (χ0) is 20.9. The van der Waals surface area contributed by atoms with Crippen molar-refractivity contribution in [1.29, 1.82) is 0 Å². The van der Waals surface area contributed by atoms with Crippen LogP contribution in [-0.4, -0.2) is 32.7 Å². The highest BCUT2D eigenvalue weighted by molar-refractivity contribution is 6.00. The van der Waals surface area contributed by atoms with Crippen LogP contribution in [-0.2, 0) is 14.9 Å². The van der Waals surface area contributed by atoms with Gasteiger partial charge in [-0.15, -0.1) is 0 Å². The molecule has 0 radical (unpaired) electrons. The smallest absolute Gasteiger partial charge is 0.338 e. The molecule has 1 fully saturated rings. The first kappa shape index (κ1) is 20.7. The van der Waals surface area contributed by atoms with Gasteiger partial charge in [-0.3, -0.25) is 4.79 Å². The van der Waals surface area contributed by atoms with E-state index in [1.807, 2.05) is 18.2 Å². The first-order valence-corrected chi connectivity index (χ1v) is 9.85. The van der Waals surface area contributed by atoms with Gasteiger partial charge in [0.1, 0.15) is 0 Å². The number of ether oxygens (including phenoxy) is 3. The molecule has 0 bridgehead atoms. The van der Waals surface area contributed by atoms with Crippen molar-refractivity contribution in [1.82, 2.24) is 0 Å². The summed E-state index contributed by atoms with van der Waals surface area (Å²) in [4.78, 5) is 25.1. The van der Waals surface area contributed by atoms with Crippen molar-refractivity contribution in [2.24, 2.45) is 0 Å². The summed E-state index contributed by atoms with van der Waals surface area (Å²) in [5.74, 6) is 0.830. The molecule has 154 valence electrons. The van der Waals surface area contributed by atoms with Gasteiger partial charge in [-0.05, 0) is 61.7 Å². The summed E-state index contributed by atoms with van der Waals surface area (Å²) in [6, 6.07) is 12.4. The summed E-state index contributed by atoms with van der Waals surface area (Å²) >= 11 is 0. The fourth-order valence-corrected chi connectivity index (χ4v) is 3.91. The minimum atomic E-state index is -0.612. The molecule has 1 amide bonds. The number of benzene rings is 2. The zero-order valence-corrected chi connectivity index (χ0v) is 17.1. The molecular weight excluding hydrogens is 370 g/mol. The van der Waals surface area contributed by atoms with E-state index in [9.17, 15) is 9.59 Å². The molecule has 0 unspecified atom stereocenters.